The van der Waals surface area contributed by atoms with Crippen LogP contribution in [0.1, 0.15) is 45.8 Å². The zero-order valence-corrected chi connectivity index (χ0v) is 29.3. The van der Waals surface area contributed by atoms with Crippen LogP contribution < -0.4 is 9.47 Å². The number of aryl methyl sites for hydroxylation is 2. The Morgan fingerprint density at radius 2 is 1.16 bits per heavy atom. The molecule has 0 bridgehead atoms. The van der Waals surface area contributed by atoms with E-state index in [-0.39, 0.29) is 6.10 Å². The summed E-state index contributed by atoms with van der Waals surface area (Å²) in [6.07, 6.45) is 5.86. The van der Waals surface area contributed by atoms with E-state index in [1.54, 1.807) is 58.1 Å². The van der Waals surface area contributed by atoms with Crippen molar-refractivity contribution in [1.29, 1.82) is 0 Å². The molecule has 0 aliphatic rings. The standard InChI is InChI=1S/C18H20ClN3O3.C17H18ClN3O3/c1-11-13(4-5-16(19)22-11)17(24-3)15-10-21-18-14(15)8-12(9-20-18)25-7-6-23-2;1-10-12(3-4-15(18)21-10)16(22)14-9-20-17-13(14)7-11(8-19-17)24-6-5-23-2/h4-5,8-10,17H,6-7H2,1-3H3,(H,20,21);3-4,7-9,16,22H,5-6H2,1-2H3,(H,19,20). The highest BCUT2D eigenvalue weighted by Crippen LogP contribution is 2.34. The van der Waals surface area contributed by atoms with Gasteiger partial charge in [-0.25, -0.2) is 19.9 Å². The molecule has 0 spiro atoms. The molecular weight excluding hydrogens is 671 g/mol. The maximum absolute atomic E-state index is 10.8. The third-order valence-corrected chi connectivity index (χ3v) is 8.18. The van der Waals surface area contributed by atoms with Crippen molar-refractivity contribution in [1.82, 2.24) is 29.9 Å². The van der Waals surface area contributed by atoms with Gasteiger partial charge in [-0.3, -0.25) is 0 Å². The second kappa shape index (κ2) is 16.9. The number of halogens is 2. The van der Waals surface area contributed by atoms with E-state index in [1.807, 2.05) is 38.2 Å². The van der Waals surface area contributed by atoms with E-state index in [9.17, 15) is 5.11 Å². The van der Waals surface area contributed by atoms with Gasteiger partial charge in [0, 0.05) is 78.1 Å². The number of aliphatic hydroxyl groups excluding tert-OH is 1. The minimum Gasteiger partial charge on any atom is -0.490 e. The number of aromatic amines is 2. The summed E-state index contributed by atoms with van der Waals surface area (Å²) in [5.74, 6) is 1.31. The molecule has 6 heterocycles. The topological polar surface area (TPSA) is 150 Å². The molecule has 0 fully saturated rings. The van der Waals surface area contributed by atoms with E-state index in [2.05, 4.69) is 29.9 Å². The molecule has 258 valence electrons. The van der Waals surface area contributed by atoms with Crippen LogP contribution in [0.25, 0.3) is 22.1 Å². The lowest BCUT2D eigenvalue weighted by atomic mass is 10.0. The molecule has 6 rings (SSSR count). The van der Waals surface area contributed by atoms with Crippen LogP contribution >= 0.6 is 23.2 Å². The number of hydrogen-bond donors (Lipinski definition) is 3. The summed E-state index contributed by atoms with van der Waals surface area (Å²) < 4.78 is 27.0. The highest BCUT2D eigenvalue weighted by atomic mass is 35.5. The largest absolute Gasteiger partial charge is 0.490 e. The summed E-state index contributed by atoms with van der Waals surface area (Å²) in [6, 6.07) is 11.0. The first-order chi connectivity index (χ1) is 23.7. The van der Waals surface area contributed by atoms with E-state index in [4.69, 9.17) is 46.9 Å². The highest BCUT2D eigenvalue weighted by molar-refractivity contribution is 6.29. The van der Waals surface area contributed by atoms with Crippen LogP contribution in [0.2, 0.25) is 10.3 Å². The second-order valence-electron chi connectivity index (χ2n) is 10.9. The van der Waals surface area contributed by atoms with Crippen LogP contribution in [0.4, 0.5) is 0 Å². The number of fused-ring (bicyclic) bond motifs is 2. The first kappa shape index (κ1) is 36.0. The molecule has 0 radical (unpaired) electrons. The average molecular weight is 710 g/mol. The molecule has 0 amide bonds. The predicted octanol–water partition coefficient (Wildman–Crippen LogP) is 6.71. The zero-order chi connectivity index (χ0) is 34.9. The van der Waals surface area contributed by atoms with Crippen LogP contribution in [0.5, 0.6) is 11.5 Å². The van der Waals surface area contributed by atoms with Gasteiger partial charge in [0.2, 0.25) is 0 Å². The Morgan fingerprint density at radius 3 is 1.65 bits per heavy atom. The Hall–Kier alpha value is -4.30. The van der Waals surface area contributed by atoms with Crippen LogP contribution in [0, 0.1) is 13.8 Å². The molecular formula is C35H38Cl2N6O6. The van der Waals surface area contributed by atoms with E-state index in [1.165, 1.54) is 0 Å². The van der Waals surface area contributed by atoms with Gasteiger partial charge in [0.15, 0.2) is 0 Å². The van der Waals surface area contributed by atoms with Crippen molar-refractivity contribution in [2.45, 2.75) is 26.1 Å². The summed E-state index contributed by atoms with van der Waals surface area (Å²) in [7, 11) is 4.93. The van der Waals surface area contributed by atoms with Gasteiger partial charge in [0.1, 0.15) is 58.5 Å². The summed E-state index contributed by atoms with van der Waals surface area (Å²) in [4.78, 5) is 23.5. The summed E-state index contributed by atoms with van der Waals surface area (Å²) in [5, 5.41) is 13.4. The number of rotatable bonds is 13. The fourth-order valence-electron chi connectivity index (χ4n) is 5.33. The third-order valence-electron chi connectivity index (χ3n) is 7.76. The van der Waals surface area contributed by atoms with Gasteiger partial charge in [0.25, 0.3) is 0 Å². The number of ether oxygens (including phenoxy) is 5. The molecule has 6 aromatic heterocycles. The number of nitrogens with zero attached hydrogens (tertiary/aromatic N) is 4. The van der Waals surface area contributed by atoms with Gasteiger partial charge in [-0.1, -0.05) is 35.3 Å². The molecule has 2 atom stereocenters. The second-order valence-corrected chi connectivity index (χ2v) is 11.7. The number of H-pyrrole nitrogens is 2. The first-order valence-electron chi connectivity index (χ1n) is 15.4. The lowest BCUT2D eigenvalue weighted by molar-refractivity contribution is 0.136. The van der Waals surface area contributed by atoms with Gasteiger partial charge in [-0.15, -0.1) is 0 Å². The molecule has 12 nitrogen and oxygen atoms in total. The molecule has 0 aliphatic carbocycles. The van der Waals surface area contributed by atoms with Crippen molar-refractivity contribution in [3.8, 4) is 11.5 Å². The number of methoxy groups -OCH3 is 3. The molecule has 0 aliphatic heterocycles. The van der Waals surface area contributed by atoms with E-state index in [0.29, 0.717) is 70.7 Å². The Morgan fingerprint density at radius 1 is 0.673 bits per heavy atom. The monoisotopic (exact) mass is 708 g/mol. The lowest BCUT2D eigenvalue weighted by Crippen LogP contribution is -2.07. The molecule has 0 aromatic carbocycles. The average Bonchev–Trinajstić information content (AvgIpc) is 3.70. The molecule has 0 saturated heterocycles. The number of aromatic nitrogens is 6. The quantitative estimate of drug-likeness (QED) is 0.0873. The minimum atomic E-state index is -0.834. The van der Waals surface area contributed by atoms with Crippen molar-refractivity contribution in [3.05, 3.63) is 105 Å². The van der Waals surface area contributed by atoms with Crippen molar-refractivity contribution in [2.75, 3.05) is 47.8 Å². The molecule has 6 aromatic rings. The maximum atomic E-state index is 10.8. The van der Waals surface area contributed by atoms with Crippen LogP contribution in [0.15, 0.2) is 61.2 Å². The van der Waals surface area contributed by atoms with Crippen molar-refractivity contribution in [2.24, 2.45) is 0 Å². The smallest absolute Gasteiger partial charge is 0.138 e. The fraction of sp³-hybridized carbons (Fsp3) is 0.314. The normalized spacial score (nSPS) is 12.5. The Balaban J connectivity index is 0.000000191. The van der Waals surface area contributed by atoms with Crippen LogP contribution in [-0.4, -0.2) is 82.8 Å². The molecule has 3 N–H and O–H groups in total. The van der Waals surface area contributed by atoms with Crippen molar-refractivity contribution >= 4 is 45.3 Å². The number of pyridine rings is 4. The van der Waals surface area contributed by atoms with Gasteiger partial charge < -0.3 is 38.8 Å². The van der Waals surface area contributed by atoms with Crippen molar-refractivity contribution < 1.29 is 28.8 Å². The summed E-state index contributed by atoms with van der Waals surface area (Å²) >= 11 is 11.9. The molecule has 49 heavy (non-hydrogen) atoms. The van der Waals surface area contributed by atoms with Gasteiger partial charge in [0.05, 0.1) is 25.6 Å². The lowest BCUT2D eigenvalue weighted by Gasteiger charge is -2.17. The molecule has 2 unspecified atom stereocenters. The highest BCUT2D eigenvalue weighted by Gasteiger charge is 2.22. The Kier molecular flexibility index (Phi) is 12.4. The fourth-order valence-corrected chi connectivity index (χ4v) is 5.71. The van der Waals surface area contributed by atoms with E-state index >= 15 is 0 Å². The number of nitrogens with one attached hydrogen (secondary N) is 2. The minimum absolute atomic E-state index is 0.283. The number of aliphatic hydroxyl groups is 1. The number of hydrogen-bond acceptors (Lipinski definition) is 10. The maximum Gasteiger partial charge on any atom is 0.138 e. The van der Waals surface area contributed by atoms with Gasteiger partial charge >= 0.3 is 0 Å². The first-order valence-corrected chi connectivity index (χ1v) is 16.1. The van der Waals surface area contributed by atoms with Crippen LogP contribution in [0.3, 0.4) is 0 Å². The molecule has 0 saturated carbocycles. The van der Waals surface area contributed by atoms with E-state index in [0.717, 1.165) is 33.2 Å². The summed E-state index contributed by atoms with van der Waals surface area (Å²) in [5.41, 5.74) is 6.30. The third kappa shape index (κ3) is 8.66. The Labute approximate surface area is 293 Å². The Bertz CT molecular complexity index is 2000. The van der Waals surface area contributed by atoms with Crippen LogP contribution in [-0.2, 0) is 14.2 Å². The SMILES string of the molecule is COCCOc1cnc2[nH]cc(C(O)c3ccc(Cl)nc3C)c2c1.COCCOc1cnc2[nH]cc(C(OC)c3ccc(Cl)nc3C)c2c1. The zero-order valence-electron chi connectivity index (χ0n) is 27.8. The van der Waals surface area contributed by atoms with Crippen molar-refractivity contribution in [3.63, 3.8) is 0 Å². The van der Waals surface area contributed by atoms with Gasteiger partial charge in [-0.2, -0.15) is 0 Å². The molecule has 14 heteroatoms. The van der Waals surface area contributed by atoms with E-state index < -0.39 is 6.10 Å². The van der Waals surface area contributed by atoms with Gasteiger partial charge in [-0.05, 0) is 38.1 Å². The summed E-state index contributed by atoms with van der Waals surface area (Å²) in [6.45, 7) is 5.66. The predicted molar refractivity (Wildman–Crippen MR) is 188 cm³/mol.